The van der Waals surface area contributed by atoms with Crippen molar-refractivity contribution >= 4 is 39.4 Å². The van der Waals surface area contributed by atoms with Crippen molar-refractivity contribution in [3.8, 4) is 0 Å². The molecular formula is C16H18N4O2S. The normalized spacial score (nSPS) is 25.7. The monoisotopic (exact) mass is 330 g/mol. The lowest BCUT2D eigenvalue weighted by Crippen LogP contribution is -2.43. The summed E-state index contributed by atoms with van der Waals surface area (Å²) < 4.78 is 0.969. The van der Waals surface area contributed by atoms with Crippen molar-refractivity contribution in [3.05, 3.63) is 23.3 Å². The molecule has 2 aromatic heterocycles. The molecule has 0 radical (unpaired) electrons. The Morgan fingerprint density at radius 2 is 2.39 bits per heavy atom. The summed E-state index contributed by atoms with van der Waals surface area (Å²) in [5, 5.41) is 5.92. The van der Waals surface area contributed by atoms with Crippen LogP contribution in [0.5, 0.6) is 0 Å². The molecule has 6 nitrogen and oxygen atoms in total. The number of nitrogens with zero attached hydrogens (tertiary/aromatic N) is 3. The standard InChI is InChI=1S/C16H18N4O2S/c1-19(9-21)14-8-23-15-5-17-12(4-11(14)15)16(22)18-13-7-20-3-2-10(13)6-20/h4-5,8-10,13H,2-3,6-7H2,1H3,(H,18,22)/t10-,13?/m0/s1. The second-order valence-electron chi connectivity index (χ2n) is 6.29. The van der Waals surface area contributed by atoms with Crippen molar-refractivity contribution in [2.24, 2.45) is 5.92 Å². The molecule has 0 saturated carbocycles. The molecule has 2 amide bonds. The predicted molar refractivity (Wildman–Crippen MR) is 89.9 cm³/mol. The maximum atomic E-state index is 12.5. The third kappa shape index (κ3) is 2.49. The van der Waals surface area contributed by atoms with Crippen LogP contribution in [0.4, 0.5) is 5.69 Å². The van der Waals surface area contributed by atoms with E-state index >= 15 is 0 Å². The van der Waals surface area contributed by atoms with Crippen LogP contribution in [0.15, 0.2) is 17.6 Å². The van der Waals surface area contributed by atoms with E-state index in [-0.39, 0.29) is 11.9 Å². The van der Waals surface area contributed by atoms with Gasteiger partial charge in [0.25, 0.3) is 5.91 Å². The van der Waals surface area contributed by atoms with Gasteiger partial charge in [0.15, 0.2) is 0 Å². The van der Waals surface area contributed by atoms with Gasteiger partial charge in [-0.1, -0.05) is 0 Å². The number of nitrogens with one attached hydrogen (secondary N) is 1. The molecule has 0 spiro atoms. The van der Waals surface area contributed by atoms with E-state index in [1.165, 1.54) is 16.2 Å². The molecule has 2 saturated heterocycles. The topological polar surface area (TPSA) is 65.5 Å². The first-order valence-electron chi connectivity index (χ1n) is 7.74. The van der Waals surface area contributed by atoms with Crippen LogP contribution in [0.3, 0.4) is 0 Å². The largest absolute Gasteiger partial charge is 0.346 e. The van der Waals surface area contributed by atoms with Gasteiger partial charge in [-0.25, -0.2) is 4.98 Å². The quantitative estimate of drug-likeness (QED) is 0.859. The van der Waals surface area contributed by atoms with Gasteiger partial charge in [-0.3, -0.25) is 9.59 Å². The highest BCUT2D eigenvalue weighted by Crippen LogP contribution is 2.32. The summed E-state index contributed by atoms with van der Waals surface area (Å²) in [5.41, 5.74) is 1.22. The number of rotatable bonds is 4. The number of piperidine rings is 1. The van der Waals surface area contributed by atoms with E-state index in [0.717, 1.165) is 48.2 Å². The Labute approximate surface area is 138 Å². The molecule has 2 unspecified atom stereocenters. The van der Waals surface area contributed by atoms with E-state index < -0.39 is 0 Å². The Hall–Kier alpha value is -1.99. The number of thiophene rings is 1. The van der Waals surface area contributed by atoms with Gasteiger partial charge >= 0.3 is 0 Å². The first-order valence-corrected chi connectivity index (χ1v) is 8.62. The van der Waals surface area contributed by atoms with E-state index in [1.807, 2.05) is 5.38 Å². The van der Waals surface area contributed by atoms with Gasteiger partial charge in [0.1, 0.15) is 5.69 Å². The van der Waals surface area contributed by atoms with Gasteiger partial charge in [0.05, 0.1) is 10.4 Å². The average molecular weight is 330 g/mol. The number of carbonyl (C=O) groups is 2. The minimum atomic E-state index is -0.128. The molecule has 0 aliphatic carbocycles. The minimum absolute atomic E-state index is 0.128. The second kappa shape index (κ2) is 5.58. The van der Waals surface area contributed by atoms with Crippen LogP contribution in [0.25, 0.3) is 10.1 Å². The van der Waals surface area contributed by atoms with Gasteiger partial charge in [-0.05, 0) is 24.9 Å². The van der Waals surface area contributed by atoms with E-state index in [0.29, 0.717) is 11.6 Å². The van der Waals surface area contributed by atoms with Crippen LogP contribution < -0.4 is 10.2 Å². The lowest BCUT2D eigenvalue weighted by Gasteiger charge is -2.22. The van der Waals surface area contributed by atoms with Crippen molar-refractivity contribution in [3.63, 3.8) is 0 Å². The molecule has 7 heteroatoms. The van der Waals surface area contributed by atoms with E-state index in [2.05, 4.69) is 15.2 Å². The summed E-state index contributed by atoms with van der Waals surface area (Å²) in [6.45, 7) is 3.18. The number of pyridine rings is 1. The maximum absolute atomic E-state index is 12.5. The number of fused-ring (bicyclic) bond motifs is 3. The van der Waals surface area contributed by atoms with Gasteiger partial charge in [0.2, 0.25) is 6.41 Å². The zero-order chi connectivity index (χ0) is 16.0. The molecule has 2 aliphatic rings. The van der Waals surface area contributed by atoms with Crippen LogP contribution in [0, 0.1) is 5.92 Å². The number of carbonyl (C=O) groups excluding carboxylic acids is 2. The molecule has 1 N–H and O–H groups in total. The Morgan fingerprint density at radius 3 is 3.09 bits per heavy atom. The van der Waals surface area contributed by atoms with Crippen molar-refractivity contribution in [2.75, 3.05) is 31.6 Å². The first kappa shape index (κ1) is 14.6. The lowest BCUT2D eigenvalue weighted by atomic mass is 10.00. The fourth-order valence-corrected chi connectivity index (χ4v) is 4.50. The van der Waals surface area contributed by atoms with Crippen LogP contribution in [-0.4, -0.2) is 54.9 Å². The molecule has 2 aliphatic heterocycles. The van der Waals surface area contributed by atoms with Crippen LogP contribution in [0.1, 0.15) is 16.9 Å². The van der Waals surface area contributed by atoms with Gasteiger partial charge in [0, 0.05) is 43.1 Å². The summed E-state index contributed by atoms with van der Waals surface area (Å²) in [4.78, 5) is 31.7. The van der Waals surface area contributed by atoms with Crippen molar-refractivity contribution in [2.45, 2.75) is 12.5 Å². The van der Waals surface area contributed by atoms with Crippen LogP contribution in [-0.2, 0) is 4.79 Å². The van der Waals surface area contributed by atoms with Crippen LogP contribution in [0.2, 0.25) is 0 Å². The summed E-state index contributed by atoms with van der Waals surface area (Å²) >= 11 is 1.52. The molecule has 4 rings (SSSR count). The molecule has 120 valence electrons. The zero-order valence-corrected chi connectivity index (χ0v) is 13.7. The Balaban J connectivity index is 1.58. The first-order chi connectivity index (χ1) is 11.2. The van der Waals surface area contributed by atoms with Gasteiger partial charge in [-0.15, -0.1) is 11.3 Å². The summed E-state index contributed by atoms with van der Waals surface area (Å²) in [5.74, 6) is 0.442. The van der Waals surface area contributed by atoms with E-state index in [1.54, 1.807) is 19.3 Å². The second-order valence-corrected chi connectivity index (χ2v) is 7.20. The third-order valence-corrected chi connectivity index (χ3v) is 5.78. The number of amides is 2. The molecule has 2 bridgehead atoms. The number of hydrogen-bond donors (Lipinski definition) is 1. The summed E-state index contributed by atoms with van der Waals surface area (Å²) in [6, 6.07) is 2.01. The summed E-state index contributed by atoms with van der Waals surface area (Å²) in [6.07, 6.45) is 3.64. The van der Waals surface area contributed by atoms with E-state index in [9.17, 15) is 9.59 Å². The number of anilines is 1. The third-order valence-electron chi connectivity index (χ3n) is 4.86. The van der Waals surface area contributed by atoms with Crippen molar-refractivity contribution in [1.82, 2.24) is 15.2 Å². The summed E-state index contributed by atoms with van der Waals surface area (Å²) in [7, 11) is 1.71. The Morgan fingerprint density at radius 1 is 1.52 bits per heavy atom. The fraction of sp³-hybridized carbons (Fsp3) is 0.438. The minimum Gasteiger partial charge on any atom is -0.346 e. The predicted octanol–water partition coefficient (Wildman–Crippen LogP) is 1.32. The molecule has 2 fully saturated rings. The molecule has 3 atom stereocenters. The highest BCUT2D eigenvalue weighted by atomic mass is 32.1. The molecule has 4 heterocycles. The van der Waals surface area contributed by atoms with Gasteiger partial charge in [-0.2, -0.15) is 0 Å². The maximum Gasteiger partial charge on any atom is 0.270 e. The molecule has 2 aromatic rings. The number of aromatic nitrogens is 1. The zero-order valence-electron chi connectivity index (χ0n) is 12.9. The smallest absolute Gasteiger partial charge is 0.270 e. The molecule has 0 aromatic carbocycles. The van der Waals surface area contributed by atoms with Crippen molar-refractivity contribution in [1.29, 1.82) is 0 Å². The highest BCUT2D eigenvalue weighted by Gasteiger charge is 2.38. The lowest BCUT2D eigenvalue weighted by molar-refractivity contribution is -0.107. The Kier molecular flexibility index (Phi) is 3.54. The van der Waals surface area contributed by atoms with E-state index in [4.69, 9.17) is 0 Å². The molecular weight excluding hydrogens is 312 g/mol. The SMILES string of the molecule is CN(C=O)c1csc2cnc(C(=O)NC3CN4CC[C@H]3C4)cc12. The number of hydrogen-bond acceptors (Lipinski definition) is 5. The fourth-order valence-electron chi connectivity index (χ4n) is 3.56. The average Bonchev–Trinajstić information content (AvgIpc) is 3.28. The Bertz CT molecular complexity index is 775. The molecule has 23 heavy (non-hydrogen) atoms. The van der Waals surface area contributed by atoms with Crippen LogP contribution >= 0.6 is 11.3 Å². The van der Waals surface area contributed by atoms with Gasteiger partial charge < -0.3 is 15.1 Å². The highest BCUT2D eigenvalue weighted by molar-refractivity contribution is 7.17. The van der Waals surface area contributed by atoms with Crippen molar-refractivity contribution < 1.29 is 9.59 Å².